The van der Waals surface area contributed by atoms with Crippen molar-refractivity contribution in [2.24, 2.45) is 5.92 Å². The van der Waals surface area contributed by atoms with Crippen LogP contribution in [0.2, 0.25) is 0 Å². The van der Waals surface area contributed by atoms with Crippen LogP contribution in [0.4, 0.5) is 11.4 Å². The van der Waals surface area contributed by atoms with Gasteiger partial charge < -0.3 is 9.32 Å². The second kappa shape index (κ2) is 10.4. The molecule has 0 aliphatic heterocycles. The third-order valence-electron chi connectivity index (χ3n) is 9.34. The summed E-state index contributed by atoms with van der Waals surface area (Å²) < 4.78 is 7.02. The highest BCUT2D eigenvalue weighted by atomic mass is 16.3. The summed E-state index contributed by atoms with van der Waals surface area (Å²) in [6.07, 6.45) is 14.5. The Morgan fingerprint density at radius 3 is 2.26 bits per heavy atom. The maximum atomic E-state index is 7.02. The van der Waals surface area contributed by atoms with Gasteiger partial charge in [-0.05, 0) is 65.7 Å². The molecule has 2 heteroatoms. The van der Waals surface area contributed by atoms with E-state index in [4.69, 9.17) is 4.42 Å². The van der Waals surface area contributed by atoms with Crippen LogP contribution in [-0.4, -0.2) is 0 Å². The maximum absolute atomic E-state index is 7.02. The van der Waals surface area contributed by atoms with Crippen molar-refractivity contribution in [3.05, 3.63) is 150 Å². The van der Waals surface area contributed by atoms with Crippen molar-refractivity contribution in [1.29, 1.82) is 0 Å². The van der Waals surface area contributed by atoms with Gasteiger partial charge in [0.2, 0.25) is 0 Å². The van der Waals surface area contributed by atoms with Gasteiger partial charge in [0.25, 0.3) is 0 Å². The second-order valence-electron chi connectivity index (χ2n) is 12.1. The molecule has 7 rings (SSSR count). The quantitative estimate of drug-likeness (QED) is 0.197. The number of fused-ring (bicyclic) bond motifs is 7. The predicted molar refractivity (Wildman–Crippen MR) is 178 cm³/mol. The Bertz CT molecular complexity index is 1900. The van der Waals surface area contributed by atoms with Crippen LogP contribution >= 0.6 is 0 Å². The Morgan fingerprint density at radius 1 is 0.786 bits per heavy atom. The Hall–Kier alpha value is -4.56. The Morgan fingerprint density at radius 2 is 1.50 bits per heavy atom. The minimum atomic E-state index is 0.0500. The smallest absolute Gasteiger partial charge is 0.159 e. The van der Waals surface area contributed by atoms with Gasteiger partial charge in [-0.25, -0.2) is 0 Å². The molecule has 0 saturated carbocycles. The first-order chi connectivity index (χ1) is 20.5. The molecule has 1 heterocycles. The van der Waals surface area contributed by atoms with Crippen molar-refractivity contribution >= 4 is 38.9 Å². The summed E-state index contributed by atoms with van der Waals surface area (Å²) in [4.78, 5) is 2.37. The normalized spacial score (nSPS) is 19.3. The van der Waals surface area contributed by atoms with Gasteiger partial charge in [-0.3, -0.25) is 0 Å². The van der Waals surface area contributed by atoms with Crippen molar-refractivity contribution in [3.8, 4) is 0 Å². The average Bonchev–Trinajstić information content (AvgIpc) is 3.53. The molecule has 42 heavy (non-hydrogen) atoms. The molecule has 5 aromatic rings. The fraction of sp³-hybridized carbons (Fsp3) is 0.200. The highest BCUT2D eigenvalue weighted by molar-refractivity contribution is 6.11. The largest absolute Gasteiger partial charge is 0.454 e. The first-order valence-electron chi connectivity index (χ1n) is 15.1. The molecule has 1 aromatic heterocycles. The first-order valence-corrected chi connectivity index (χ1v) is 15.1. The number of rotatable bonds is 6. The highest BCUT2D eigenvalue weighted by Crippen LogP contribution is 2.56. The maximum Gasteiger partial charge on any atom is 0.159 e. The zero-order chi connectivity index (χ0) is 28.8. The lowest BCUT2D eigenvalue weighted by atomic mass is 9.74. The van der Waals surface area contributed by atoms with E-state index in [0.29, 0.717) is 11.8 Å². The number of nitrogens with zero attached hydrogens (tertiary/aromatic N) is 1. The van der Waals surface area contributed by atoms with E-state index in [2.05, 4.69) is 160 Å². The van der Waals surface area contributed by atoms with E-state index >= 15 is 0 Å². The molecule has 0 radical (unpaired) electrons. The van der Waals surface area contributed by atoms with Crippen LogP contribution in [0.1, 0.15) is 56.7 Å². The van der Waals surface area contributed by atoms with E-state index < -0.39 is 0 Å². The molecule has 2 aliphatic rings. The van der Waals surface area contributed by atoms with Gasteiger partial charge in [0.05, 0.1) is 5.69 Å². The second-order valence-corrected chi connectivity index (χ2v) is 12.1. The Balaban J connectivity index is 1.43. The summed E-state index contributed by atoms with van der Waals surface area (Å²) in [6.45, 7) is 9.15. The van der Waals surface area contributed by atoms with Gasteiger partial charge in [0.15, 0.2) is 5.58 Å². The number of hydrogen-bond acceptors (Lipinski definition) is 2. The fourth-order valence-corrected chi connectivity index (χ4v) is 7.09. The molecule has 2 nitrogen and oxygen atoms in total. The molecular formula is C40H37NO. The predicted octanol–water partition coefficient (Wildman–Crippen LogP) is 11.2. The van der Waals surface area contributed by atoms with Crippen LogP contribution in [0.25, 0.3) is 27.5 Å². The summed E-state index contributed by atoms with van der Waals surface area (Å²) in [5, 5.41) is 2.36. The molecule has 0 amide bonds. The summed E-state index contributed by atoms with van der Waals surface area (Å²) in [6, 6.07) is 32.4. The highest BCUT2D eigenvalue weighted by Gasteiger charge is 2.46. The van der Waals surface area contributed by atoms with Crippen molar-refractivity contribution in [3.63, 3.8) is 0 Å². The zero-order valence-electron chi connectivity index (χ0n) is 24.8. The van der Waals surface area contributed by atoms with Crippen LogP contribution in [0.5, 0.6) is 0 Å². The lowest BCUT2D eigenvalue weighted by Crippen LogP contribution is -2.24. The van der Waals surface area contributed by atoms with E-state index in [-0.39, 0.29) is 5.41 Å². The van der Waals surface area contributed by atoms with Crippen molar-refractivity contribution < 1.29 is 4.42 Å². The lowest BCUT2D eigenvalue weighted by molar-refractivity contribution is 0.394. The summed E-state index contributed by atoms with van der Waals surface area (Å²) >= 11 is 0. The molecule has 0 N–H and O–H groups in total. The molecular weight excluding hydrogens is 510 g/mol. The SMILES string of the molecule is CC/C(=C\C=C(/C)c1ccccc1)N(c1ccccc1)c1cccc2c1oc1c3c(ccc12)C(C)(C)C1C=CC=CC31. The van der Waals surface area contributed by atoms with E-state index in [0.717, 1.165) is 34.3 Å². The van der Waals surface area contributed by atoms with Crippen molar-refractivity contribution in [2.45, 2.75) is 45.4 Å². The van der Waals surface area contributed by atoms with E-state index in [9.17, 15) is 0 Å². The van der Waals surface area contributed by atoms with Gasteiger partial charge in [0.1, 0.15) is 5.58 Å². The van der Waals surface area contributed by atoms with Crippen molar-refractivity contribution in [1.82, 2.24) is 0 Å². The molecule has 4 aromatic carbocycles. The number of anilines is 2. The third kappa shape index (κ3) is 4.17. The molecule has 2 aliphatic carbocycles. The molecule has 208 valence electrons. The molecule has 0 bridgehead atoms. The topological polar surface area (TPSA) is 16.4 Å². The first kappa shape index (κ1) is 26.3. The van der Waals surface area contributed by atoms with Gasteiger partial charge in [-0.15, -0.1) is 0 Å². The van der Waals surface area contributed by atoms with Crippen LogP contribution < -0.4 is 4.90 Å². The number of furan rings is 1. The fourth-order valence-electron chi connectivity index (χ4n) is 7.09. The van der Waals surface area contributed by atoms with Gasteiger partial charge in [-0.1, -0.05) is 124 Å². The minimum Gasteiger partial charge on any atom is -0.454 e. The van der Waals surface area contributed by atoms with Crippen LogP contribution in [0.3, 0.4) is 0 Å². The molecule has 2 unspecified atom stereocenters. The van der Waals surface area contributed by atoms with Gasteiger partial charge in [0, 0.05) is 33.6 Å². The Labute approximate surface area is 249 Å². The standard InChI is InChI=1S/C40H37NO/c1-5-29(24-23-27(2)28-15-8-6-9-16-28)41(30-17-10-7-11-18-30)36-22-14-20-31-32-25-26-35-37(39(32)42-38(31)36)33-19-12-13-21-34(33)40(35,3)4/h6-26,33-34H,5H2,1-4H3/b27-23+,29-24+. The van der Waals surface area contributed by atoms with Crippen LogP contribution in [-0.2, 0) is 5.41 Å². The van der Waals surface area contributed by atoms with Crippen LogP contribution in [0.15, 0.2) is 138 Å². The molecule has 0 spiro atoms. The average molecular weight is 548 g/mol. The van der Waals surface area contributed by atoms with Crippen molar-refractivity contribution in [2.75, 3.05) is 4.90 Å². The lowest BCUT2D eigenvalue weighted by Gasteiger charge is -2.29. The van der Waals surface area contributed by atoms with Gasteiger partial charge in [-0.2, -0.15) is 0 Å². The number of allylic oxidation sites excluding steroid dienone is 8. The molecule has 2 atom stereocenters. The minimum absolute atomic E-state index is 0.0500. The third-order valence-corrected chi connectivity index (χ3v) is 9.34. The van der Waals surface area contributed by atoms with E-state index in [1.54, 1.807) is 0 Å². The number of hydrogen-bond donors (Lipinski definition) is 0. The van der Waals surface area contributed by atoms with E-state index in [1.807, 2.05) is 0 Å². The van der Waals surface area contributed by atoms with E-state index in [1.165, 1.54) is 33.3 Å². The summed E-state index contributed by atoms with van der Waals surface area (Å²) in [7, 11) is 0. The molecule has 0 saturated heterocycles. The number of benzene rings is 4. The van der Waals surface area contributed by atoms with Gasteiger partial charge >= 0.3 is 0 Å². The zero-order valence-corrected chi connectivity index (χ0v) is 24.8. The number of para-hydroxylation sites is 2. The summed E-state index contributed by atoms with van der Waals surface area (Å²) in [5.74, 6) is 0.765. The monoisotopic (exact) mass is 547 g/mol. The summed E-state index contributed by atoms with van der Waals surface area (Å²) in [5.41, 5.74) is 10.6. The molecule has 0 fully saturated rings. The Kier molecular flexibility index (Phi) is 6.50. The van der Waals surface area contributed by atoms with Crippen LogP contribution in [0, 0.1) is 5.92 Å².